The molecule has 0 aromatic carbocycles. The first-order valence-electron chi connectivity index (χ1n) is 4.07. The van der Waals surface area contributed by atoms with Crippen LogP contribution in [0.15, 0.2) is 0 Å². The number of carbonyl (C=O) groups is 1. The Hall–Kier alpha value is -0.600. The van der Waals surface area contributed by atoms with Gasteiger partial charge in [-0.1, -0.05) is 25.7 Å². The minimum Gasteiger partial charge on any atom is -0.479 e. The Morgan fingerprint density at radius 3 is 2.55 bits per heavy atom. The molecule has 1 unspecified atom stereocenters. The smallest absolute Gasteiger partial charge is 0.338 e. The Balaban J connectivity index is 2.23. The molecule has 1 N–H and O–H groups in total. The van der Waals surface area contributed by atoms with Gasteiger partial charge < -0.3 is 5.11 Å². The highest BCUT2D eigenvalue weighted by Gasteiger charge is 2.23. The van der Waals surface area contributed by atoms with E-state index >= 15 is 0 Å². The normalized spacial score (nSPS) is 21.9. The van der Waals surface area contributed by atoms with Gasteiger partial charge in [0.1, 0.15) is 0 Å². The highest BCUT2D eigenvalue weighted by molar-refractivity contribution is 5.71. The molecule has 0 saturated heterocycles. The quantitative estimate of drug-likeness (QED) is 0.685. The predicted octanol–water partition coefficient (Wildman–Crippen LogP) is 1.99. The molecule has 0 bridgehead atoms. The first kappa shape index (κ1) is 8.50. The molecule has 1 rings (SSSR count). The van der Waals surface area contributed by atoms with Crippen molar-refractivity contribution in [3.63, 3.8) is 0 Å². The SMILES string of the molecule is O=C(O)C(F)CC1CCCC1. The van der Waals surface area contributed by atoms with E-state index in [-0.39, 0.29) is 6.42 Å². The Bertz CT molecular complexity index is 141. The summed E-state index contributed by atoms with van der Waals surface area (Å²) in [6.45, 7) is 0. The van der Waals surface area contributed by atoms with Crippen LogP contribution >= 0.6 is 0 Å². The van der Waals surface area contributed by atoms with Gasteiger partial charge in [-0.05, 0) is 12.3 Å². The monoisotopic (exact) mass is 160 g/mol. The van der Waals surface area contributed by atoms with E-state index < -0.39 is 12.1 Å². The minimum atomic E-state index is -1.64. The highest BCUT2D eigenvalue weighted by Crippen LogP contribution is 2.29. The van der Waals surface area contributed by atoms with Crippen LogP contribution in [-0.4, -0.2) is 17.2 Å². The number of hydrogen-bond donors (Lipinski definition) is 1. The second-order valence-corrected chi connectivity index (χ2v) is 3.19. The maximum absolute atomic E-state index is 12.6. The molecule has 0 spiro atoms. The van der Waals surface area contributed by atoms with Crippen molar-refractivity contribution in [3.05, 3.63) is 0 Å². The third-order valence-electron chi connectivity index (χ3n) is 2.28. The topological polar surface area (TPSA) is 37.3 Å². The molecule has 0 aromatic heterocycles. The number of halogens is 1. The van der Waals surface area contributed by atoms with Crippen LogP contribution in [-0.2, 0) is 4.79 Å². The van der Waals surface area contributed by atoms with Gasteiger partial charge in [0.05, 0.1) is 0 Å². The molecule has 1 saturated carbocycles. The summed E-state index contributed by atoms with van der Waals surface area (Å²) in [4.78, 5) is 10.1. The number of alkyl halides is 1. The Labute approximate surface area is 65.4 Å². The molecule has 1 aliphatic rings. The molecule has 0 aliphatic heterocycles. The first-order chi connectivity index (χ1) is 5.20. The lowest BCUT2D eigenvalue weighted by Crippen LogP contribution is -2.17. The van der Waals surface area contributed by atoms with Gasteiger partial charge in [-0.2, -0.15) is 0 Å². The molecule has 2 nitrogen and oxygen atoms in total. The third kappa shape index (κ3) is 2.48. The largest absolute Gasteiger partial charge is 0.479 e. The van der Waals surface area contributed by atoms with Crippen molar-refractivity contribution in [1.82, 2.24) is 0 Å². The van der Waals surface area contributed by atoms with Crippen molar-refractivity contribution >= 4 is 5.97 Å². The second-order valence-electron chi connectivity index (χ2n) is 3.19. The molecular weight excluding hydrogens is 147 g/mol. The molecule has 1 atom stereocenters. The van der Waals surface area contributed by atoms with Crippen molar-refractivity contribution in [2.24, 2.45) is 5.92 Å². The summed E-state index contributed by atoms with van der Waals surface area (Å²) in [5.41, 5.74) is 0. The number of hydrogen-bond acceptors (Lipinski definition) is 1. The molecule has 3 heteroatoms. The van der Waals surface area contributed by atoms with E-state index in [0.29, 0.717) is 5.92 Å². The van der Waals surface area contributed by atoms with Crippen LogP contribution in [0.3, 0.4) is 0 Å². The van der Waals surface area contributed by atoms with Crippen LogP contribution in [0.1, 0.15) is 32.1 Å². The van der Waals surface area contributed by atoms with Crippen molar-refractivity contribution in [2.75, 3.05) is 0 Å². The summed E-state index contributed by atoms with van der Waals surface area (Å²) >= 11 is 0. The zero-order chi connectivity index (χ0) is 8.27. The van der Waals surface area contributed by atoms with Crippen LogP contribution in [0.4, 0.5) is 4.39 Å². The van der Waals surface area contributed by atoms with E-state index in [9.17, 15) is 9.18 Å². The lowest BCUT2D eigenvalue weighted by molar-refractivity contribution is -0.143. The van der Waals surface area contributed by atoms with Gasteiger partial charge in [0, 0.05) is 0 Å². The number of rotatable bonds is 3. The van der Waals surface area contributed by atoms with Crippen LogP contribution in [0.25, 0.3) is 0 Å². The summed E-state index contributed by atoms with van der Waals surface area (Å²) in [6, 6.07) is 0. The van der Waals surface area contributed by atoms with E-state index in [2.05, 4.69) is 0 Å². The van der Waals surface area contributed by atoms with Gasteiger partial charge in [-0.25, -0.2) is 9.18 Å². The molecule has 1 aliphatic carbocycles. The Morgan fingerprint density at radius 1 is 1.55 bits per heavy atom. The predicted molar refractivity (Wildman–Crippen MR) is 39.1 cm³/mol. The molecule has 11 heavy (non-hydrogen) atoms. The maximum Gasteiger partial charge on any atom is 0.338 e. The van der Waals surface area contributed by atoms with Crippen molar-refractivity contribution < 1.29 is 14.3 Å². The summed E-state index contributed by atoms with van der Waals surface area (Å²) in [5, 5.41) is 8.27. The van der Waals surface area contributed by atoms with E-state index in [1.165, 1.54) is 0 Å². The van der Waals surface area contributed by atoms with Gasteiger partial charge in [-0.3, -0.25) is 0 Å². The molecule has 1 fully saturated rings. The minimum absolute atomic E-state index is 0.218. The van der Waals surface area contributed by atoms with E-state index in [4.69, 9.17) is 5.11 Å². The lowest BCUT2D eigenvalue weighted by atomic mass is 10.0. The van der Waals surface area contributed by atoms with Gasteiger partial charge in [0.15, 0.2) is 6.17 Å². The highest BCUT2D eigenvalue weighted by atomic mass is 19.1. The van der Waals surface area contributed by atoms with Crippen LogP contribution in [0.2, 0.25) is 0 Å². The number of aliphatic carboxylic acids is 1. The van der Waals surface area contributed by atoms with E-state index in [1.807, 2.05) is 0 Å². The summed E-state index contributed by atoms with van der Waals surface area (Å²) in [6.07, 6.45) is 2.86. The molecule has 0 amide bonds. The zero-order valence-corrected chi connectivity index (χ0v) is 6.42. The van der Waals surface area contributed by atoms with E-state index in [1.54, 1.807) is 0 Å². The lowest BCUT2D eigenvalue weighted by Gasteiger charge is -2.08. The van der Waals surface area contributed by atoms with Gasteiger partial charge in [0.25, 0.3) is 0 Å². The average Bonchev–Trinajstić information content (AvgIpc) is 2.39. The Kier molecular flexibility index (Phi) is 2.85. The Morgan fingerprint density at radius 2 is 2.09 bits per heavy atom. The van der Waals surface area contributed by atoms with Gasteiger partial charge >= 0.3 is 5.97 Å². The van der Waals surface area contributed by atoms with Crippen molar-refractivity contribution in [2.45, 2.75) is 38.3 Å². The van der Waals surface area contributed by atoms with Crippen LogP contribution in [0.5, 0.6) is 0 Å². The summed E-state index contributed by atoms with van der Waals surface area (Å²) in [5.74, 6) is -0.988. The average molecular weight is 160 g/mol. The van der Waals surface area contributed by atoms with Gasteiger partial charge in [0.2, 0.25) is 0 Å². The van der Waals surface area contributed by atoms with Crippen molar-refractivity contribution in [3.8, 4) is 0 Å². The van der Waals surface area contributed by atoms with Gasteiger partial charge in [-0.15, -0.1) is 0 Å². The molecule has 0 aromatic rings. The fraction of sp³-hybridized carbons (Fsp3) is 0.875. The van der Waals surface area contributed by atoms with Crippen LogP contribution < -0.4 is 0 Å². The zero-order valence-electron chi connectivity index (χ0n) is 6.42. The standard InChI is InChI=1S/C8H13FO2/c9-7(8(10)11)5-6-3-1-2-4-6/h6-7H,1-5H2,(H,10,11). The van der Waals surface area contributed by atoms with Crippen LogP contribution in [0, 0.1) is 5.92 Å². The molecule has 0 radical (unpaired) electrons. The molecule has 0 heterocycles. The third-order valence-corrected chi connectivity index (χ3v) is 2.28. The first-order valence-corrected chi connectivity index (χ1v) is 4.07. The van der Waals surface area contributed by atoms with E-state index in [0.717, 1.165) is 25.7 Å². The van der Waals surface area contributed by atoms with Crippen molar-refractivity contribution in [1.29, 1.82) is 0 Å². The summed E-state index contributed by atoms with van der Waals surface area (Å²) in [7, 11) is 0. The second kappa shape index (κ2) is 3.69. The molecular formula is C8H13FO2. The number of carboxylic acid groups (broad SMARTS) is 1. The number of carboxylic acids is 1. The fourth-order valence-electron chi connectivity index (χ4n) is 1.64. The summed E-state index contributed by atoms with van der Waals surface area (Å²) < 4.78 is 12.6. The fourth-order valence-corrected chi connectivity index (χ4v) is 1.64. The maximum atomic E-state index is 12.6. The molecule has 64 valence electrons.